The lowest BCUT2D eigenvalue weighted by atomic mass is 10.2. The van der Waals surface area contributed by atoms with Gasteiger partial charge in [-0.3, -0.25) is 9.59 Å². The highest BCUT2D eigenvalue weighted by Crippen LogP contribution is 2.18. The highest BCUT2D eigenvalue weighted by molar-refractivity contribution is 6.05. The van der Waals surface area contributed by atoms with E-state index in [2.05, 4.69) is 15.6 Å². The molecule has 1 heterocycles. The quantitative estimate of drug-likeness (QED) is 0.703. The van der Waals surface area contributed by atoms with Gasteiger partial charge in [0, 0.05) is 43.3 Å². The molecule has 138 valence electrons. The van der Waals surface area contributed by atoms with E-state index < -0.39 is 0 Å². The van der Waals surface area contributed by atoms with Crippen molar-refractivity contribution in [2.45, 2.75) is 13.5 Å². The third-order valence-electron chi connectivity index (χ3n) is 3.85. The van der Waals surface area contributed by atoms with E-state index >= 15 is 0 Å². The molecular weight excluding hydrogens is 344 g/mol. The number of hydrogen-bond acceptors (Lipinski definition) is 4. The molecule has 0 unspecified atom stereocenters. The number of ether oxygens (including phenoxy) is 1. The molecule has 0 fully saturated rings. The van der Waals surface area contributed by atoms with Crippen LogP contribution in [0.2, 0.25) is 0 Å². The van der Waals surface area contributed by atoms with E-state index in [9.17, 15) is 9.59 Å². The van der Waals surface area contributed by atoms with Crippen molar-refractivity contribution in [3.63, 3.8) is 0 Å². The Hall–Kier alpha value is -3.61. The smallest absolute Gasteiger partial charge is 0.255 e. The van der Waals surface area contributed by atoms with Gasteiger partial charge in [-0.25, -0.2) is 4.98 Å². The number of nitrogens with one attached hydrogen (secondary N) is 2. The van der Waals surface area contributed by atoms with Crippen molar-refractivity contribution in [1.82, 2.24) is 9.55 Å². The van der Waals surface area contributed by atoms with Crippen LogP contribution in [-0.4, -0.2) is 21.4 Å². The average Bonchev–Trinajstić information content (AvgIpc) is 3.06. The van der Waals surface area contributed by atoms with E-state index in [1.807, 2.05) is 17.8 Å². The highest BCUT2D eigenvalue weighted by atomic mass is 16.5. The van der Waals surface area contributed by atoms with Crippen LogP contribution in [0.1, 0.15) is 23.1 Å². The zero-order chi connectivity index (χ0) is 19.2. The molecule has 7 nitrogen and oxygen atoms in total. The first-order valence-corrected chi connectivity index (χ1v) is 8.39. The molecule has 0 bridgehead atoms. The van der Waals surface area contributed by atoms with Crippen molar-refractivity contribution in [2.75, 3.05) is 10.6 Å². The number of imidazole rings is 1. The summed E-state index contributed by atoms with van der Waals surface area (Å²) in [5, 5.41) is 5.48. The number of hydrogen-bond donors (Lipinski definition) is 2. The Labute approximate surface area is 157 Å². The monoisotopic (exact) mass is 364 g/mol. The predicted octanol–water partition coefficient (Wildman–Crippen LogP) is 3.21. The molecule has 0 saturated carbocycles. The van der Waals surface area contributed by atoms with Crippen LogP contribution in [0.25, 0.3) is 0 Å². The molecule has 0 aliphatic rings. The Morgan fingerprint density at radius 2 is 1.85 bits per heavy atom. The van der Waals surface area contributed by atoms with E-state index in [1.165, 1.54) is 6.92 Å². The number of aryl methyl sites for hydroxylation is 1. The van der Waals surface area contributed by atoms with Gasteiger partial charge in [0.2, 0.25) is 5.91 Å². The maximum Gasteiger partial charge on any atom is 0.255 e. The number of nitrogens with zero attached hydrogens (tertiary/aromatic N) is 2. The zero-order valence-corrected chi connectivity index (χ0v) is 15.1. The topological polar surface area (TPSA) is 85.2 Å². The van der Waals surface area contributed by atoms with Gasteiger partial charge < -0.3 is 19.9 Å². The van der Waals surface area contributed by atoms with E-state index in [1.54, 1.807) is 54.7 Å². The fraction of sp³-hybridized carbons (Fsp3) is 0.150. The van der Waals surface area contributed by atoms with Crippen LogP contribution in [0.15, 0.2) is 60.9 Å². The summed E-state index contributed by atoms with van der Waals surface area (Å²) in [6.07, 6.45) is 3.58. The van der Waals surface area contributed by atoms with Gasteiger partial charge in [0.1, 0.15) is 18.2 Å². The molecule has 0 atom stereocenters. The fourth-order valence-electron chi connectivity index (χ4n) is 2.46. The van der Waals surface area contributed by atoms with Gasteiger partial charge in [-0.2, -0.15) is 0 Å². The molecule has 2 aromatic carbocycles. The van der Waals surface area contributed by atoms with Crippen LogP contribution in [0.4, 0.5) is 11.4 Å². The van der Waals surface area contributed by atoms with Crippen LogP contribution in [0.3, 0.4) is 0 Å². The maximum absolute atomic E-state index is 12.4. The maximum atomic E-state index is 12.4. The van der Waals surface area contributed by atoms with Crippen LogP contribution in [0, 0.1) is 0 Å². The summed E-state index contributed by atoms with van der Waals surface area (Å²) in [7, 11) is 1.91. The van der Waals surface area contributed by atoms with E-state index in [0.29, 0.717) is 29.3 Å². The van der Waals surface area contributed by atoms with Gasteiger partial charge in [0.05, 0.1) is 0 Å². The number of anilines is 2. The highest BCUT2D eigenvalue weighted by Gasteiger charge is 2.08. The van der Waals surface area contributed by atoms with Gasteiger partial charge in [-0.05, 0) is 42.5 Å². The first-order valence-electron chi connectivity index (χ1n) is 8.39. The van der Waals surface area contributed by atoms with Crippen molar-refractivity contribution >= 4 is 23.2 Å². The Balaban J connectivity index is 1.60. The summed E-state index contributed by atoms with van der Waals surface area (Å²) in [5.74, 6) is 1.06. The van der Waals surface area contributed by atoms with Crippen LogP contribution in [-0.2, 0) is 18.4 Å². The zero-order valence-electron chi connectivity index (χ0n) is 15.1. The average molecular weight is 364 g/mol. The Kier molecular flexibility index (Phi) is 5.51. The Bertz CT molecular complexity index is 948. The predicted molar refractivity (Wildman–Crippen MR) is 103 cm³/mol. The minimum Gasteiger partial charge on any atom is -0.486 e. The molecule has 0 radical (unpaired) electrons. The molecule has 1 aromatic heterocycles. The summed E-state index contributed by atoms with van der Waals surface area (Å²) in [5.41, 5.74) is 1.68. The molecule has 27 heavy (non-hydrogen) atoms. The van der Waals surface area contributed by atoms with Crippen molar-refractivity contribution in [2.24, 2.45) is 7.05 Å². The summed E-state index contributed by atoms with van der Waals surface area (Å²) in [6.45, 7) is 1.79. The number of rotatable bonds is 6. The molecule has 3 rings (SSSR count). The third kappa shape index (κ3) is 4.94. The van der Waals surface area contributed by atoms with Gasteiger partial charge in [0.15, 0.2) is 0 Å². The molecule has 0 aliphatic heterocycles. The van der Waals surface area contributed by atoms with Gasteiger partial charge in [0.25, 0.3) is 5.91 Å². The van der Waals surface area contributed by atoms with E-state index in [-0.39, 0.29) is 11.8 Å². The third-order valence-corrected chi connectivity index (χ3v) is 3.85. The number of carbonyl (C=O) groups is 2. The lowest BCUT2D eigenvalue weighted by Crippen LogP contribution is -2.13. The van der Waals surface area contributed by atoms with Crippen molar-refractivity contribution in [1.29, 1.82) is 0 Å². The van der Waals surface area contributed by atoms with Crippen LogP contribution < -0.4 is 15.4 Å². The molecule has 2 amide bonds. The lowest BCUT2D eigenvalue weighted by molar-refractivity contribution is -0.114. The Morgan fingerprint density at radius 1 is 1.07 bits per heavy atom. The SMILES string of the molecule is CC(=O)Nc1cccc(C(=O)Nc2ccc(OCc3nccn3C)cc2)c1. The summed E-state index contributed by atoms with van der Waals surface area (Å²) in [4.78, 5) is 27.7. The van der Waals surface area contributed by atoms with Crippen molar-refractivity contribution in [3.05, 3.63) is 72.3 Å². The molecule has 2 N–H and O–H groups in total. The van der Waals surface area contributed by atoms with Gasteiger partial charge in [-0.15, -0.1) is 0 Å². The second-order valence-corrected chi connectivity index (χ2v) is 5.98. The minimum atomic E-state index is -0.260. The molecule has 0 saturated heterocycles. The number of benzene rings is 2. The van der Waals surface area contributed by atoms with Crippen molar-refractivity contribution < 1.29 is 14.3 Å². The first-order chi connectivity index (χ1) is 13.0. The molecule has 0 aliphatic carbocycles. The summed E-state index contributed by atoms with van der Waals surface area (Å²) in [6, 6.07) is 13.9. The second kappa shape index (κ2) is 8.18. The van der Waals surface area contributed by atoms with Crippen molar-refractivity contribution in [3.8, 4) is 5.75 Å². The van der Waals surface area contributed by atoms with Crippen LogP contribution in [0.5, 0.6) is 5.75 Å². The first kappa shape index (κ1) is 18.2. The molecule has 7 heteroatoms. The van der Waals surface area contributed by atoms with Crippen LogP contribution >= 0.6 is 0 Å². The standard InChI is InChI=1S/C20H20N4O3/c1-14(25)22-17-5-3-4-15(12-17)20(26)23-16-6-8-18(9-7-16)27-13-19-21-10-11-24(19)2/h3-12H,13H2,1-2H3,(H,22,25)(H,23,26). The van der Waals surface area contributed by atoms with Gasteiger partial charge >= 0.3 is 0 Å². The molecule has 3 aromatic rings. The number of aromatic nitrogens is 2. The molecule has 0 spiro atoms. The van der Waals surface area contributed by atoms with E-state index in [0.717, 1.165) is 5.82 Å². The number of carbonyl (C=O) groups excluding carboxylic acids is 2. The Morgan fingerprint density at radius 3 is 2.52 bits per heavy atom. The lowest BCUT2D eigenvalue weighted by Gasteiger charge is -2.09. The minimum absolute atomic E-state index is 0.186. The summed E-state index contributed by atoms with van der Waals surface area (Å²) < 4.78 is 7.58. The largest absolute Gasteiger partial charge is 0.486 e. The van der Waals surface area contributed by atoms with Gasteiger partial charge in [-0.1, -0.05) is 6.07 Å². The van der Waals surface area contributed by atoms with E-state index in [4.69, 9.17) is 4.74 Å². The summed E-state index contributed by atoms with van der Waals surface area (Å²) >= 11 is 0. The molecular formula is C20H20N4O3. The fourth-order valence-corrected chi connectivity index (χ4v) is 2.46. The normalized spacial score (nSPS) is 10.3. The second-order valence-electron chi connectivity index (χ2n) is 5.98. The number of amides is 2.